The predicted octanol–water partition coefficient (Wildman–Crippen LogP) is 9.72. The van der Waals surface area contributed by atoms with E-state index in [1.54, 1.807) is 58.5 Å². The third-order valence-corrected chi connectivity index (χ3v) is 15.9. The lowest BCUT2D eigenvalue weighted by Gasteiger charge is -2.37. The topological polar surface area (TPSA) is 150 Å². The van der Waals surface area contributed by atoms with Gasteiger partial charge in [-0.15, -0.1) is 0 Å². The van der Waals surface area contributed by atoms with Crippen LogP contribution in [0.25, 0.3) is 0 Å². The summed E-state index contributed by atoms with van der Waals surface area (Å²) in [6.07, 6.45) is 4.59. The number of aromatic nitrogens is 2. The molecule has 2 amide bonds. The average Bonchev–Trinajstić information content (AvgIpc) is 3.38. The number of nitrogens with zero attached hydrogens (tertiary/aromatic N) is 6. The summed E-state index contributed by atoms with van der Waals surface area (Å²) in [6, 6.07) is 40.4. The second kappa shape index (κ2) is 23.8. The van der Waals surface area contributed by atoms with E-state index in [1.807, 2.05) is 113 Å². The lowest BCUT2D eigenvalue weighted by molar-refractivity contribution is 0.0959. The number of hydrogen-bond acceptors (Lipinski definition) is 9. The molecule has 0 aliphatic carbocycles. The summed E-state index contributed by atoms with van der Waals surface area (Å²) in [5.74, 6) is 1.29. The summed E-state index contributed by atoms with van der Waals surface area (Å²) < 4.78 is 60.8. The van der Waals surface area contributed by atoms with Crippen molar-refractivity contribution in [1.82, 2.24) is 18.6 Å². The van der Waals surface area contributed by atoms with Crippen LogP contribution in [0.15, 0.2) is 156 Å². The molecular weight excluding hydrogens is 920 g/mol. The zero-order valence-corrected chi connectivity index (χ0v) is 41.5. The molecule has 68 heavy (non-hydrogen) atoms. The molecule has 0 radical (unpaired) electrons. The molecule has 13 nitrogen and oxygen atoms in total. The lowest BCUT2D eigenvalue weighted by Crippen LogP contribution is -2.49. The number of aryl methyl sites for hydroxylation is 2. The molecule has 0 unspecified atom stereocenters. The summed E-state index contributed by atoms with van der Waals surface area (Å²) in [6.45, 7) is 9.19. The number of amides is 2. The summed E-state index contributed by atoms with van der Waals surface area (Å²) in [4.78, 5) is 39.7. The van der Waals surface area contributed by atoms with Gasteiger partial charge in [0.15, 0.2) is 0 Å². The van der Waals surface area contributed by atoms with Gasteiger partial charge in [0.1, 0.15) is 17.4 Å². The molecule has 0 bridgehead atoms. The molecular formula is C52H59ClN6O7S2. The number of rotatable bonds is 12. The maximum absolute atomic E-state index is 13.5. The maximum Gasteiger partial charge on any atom is 0.259 e. The molecule has 8 rings (SSSR count). The summed E-state index contributed by atoms with van der Waals surface area (Å²) in [7, 11) is -5.81. The van der Waals surface area contributed by atoms with E-state index in [4.69, 9.17) is 16.3 Å². The van der Waals surface area contributed by atoms with Crippen molar-refractivity contribution in [2.24, 2.45) is 0 Å². The maximum atomic E-state index is 13.5. The van der Waals surface area contributed by atoms with E-state index in [0.717, 1.165) is 17.7 Å². The molecule has 358 valence electrons. The molecule has 4 heterocycles. The number of anilines is 2. The van der Waals surface area contributed by atoms with Crippen LogP contribution in [-0.2, 0) is 26.5 Å². The zero-order chi connectivity index (χ0) is 48.8. The van der Waals surface area contributed by atoms with Gasteiger partial charge < -0.3 is 4.74 Å². The van der Waals surface area contributed by atoms with E-state index in [2.05, 4.69) is 9.97 Å². The van der Waals surface area contributed by atoms with Crippen LogP contribution in [0.2, 0.25) is 5.02 Å². The van der Waals surface area contributed by atoms with E-state index in [1.165, 1.54) is 27.9 Å². The Morgan fingerprint density at radius 2 is 1.10 bits per heavy atom. The van der Waals surface area contributed by atoms with Crippen LogP contribution >= 0.6 is 11.6 Å². The van der Waals surface area contributed by atoms with Crippen LogP contribution in [0.1, 0.15) is 78.4 Å². The number of ether oxygens (including phenoxy) is 1. The molecule has 0 atom stereocenters. The van der Waals surface area contributed by atoms with Crippen molar-refractivity contribution in [2.75, 3.05) is 43.1 Å². The number of benzene rings is 4. The standard InChI is InChI=1S/C25H26ClN3O4S.C25H27N3O3S.C2H6/c1-18-7-6-10-24(27-18)29(25(30)19-8-4-3-5-9-19)20-13-15-28(16-14-20)34(31,32)21-11-12-23(33-2)22(26)17-21;1-2-20-11-13-23(14-12-20)32(30,31)27-18-15-22(16-19-27)28(24-10-6-7-17-26-24)25(29)21-8-4-3-5-9-21;1-2/h3-12,17,20H,13-16H2,1-2H3;3-14,17,22H,2,15-16,18-19H2,1H3;1-2H3. The molecule has 4 aromatic carbocycles. The van der Waals surface area contributed by atoms with Crippen LogP contribution in [0.3, 0.4) is 0 Å². The first kappa shape index (κ1) is 51.4. The number of sulfonamides is 2. The van der Waals surface area contributed by atoms with Crippen molar-refractivity contribution < 1.29 is 31.2 Å². The number of halogens is 1. The molecule has 2 fully saturated rings. The van der Waals surface area contributed by atoms with Gasteiger partial charge in [0.25, 0.3) is 11.8 Å². The van der Waals surface area contributed by atoms with Crippen LogP contribution < -0.4 is 14.5 Å². The van der Waals surface area contributed by atoms with Crippen LogP contribution in [-0.4, -0.2) is 92.6 Å². The third-order valence-electron chi connectivity index (χ3n) is 11.8. The minimum atomic E-state index is -3.73. The van der Waals surface area contributed by atoms with E-state index < -0.39 is 20.0 Å². The molecule has 2 aromatic heterocycles. The summed E-state index contributed by atoms with van der Waals surface area (Å²) in [5.41, 5.74) is 3.06. The second-order valence-electron chi connectivity index (χ2n) is 16.0. The fourth-order valence-electron chi connectivity index (χ4n) is 8.20. The molecule has 0 spiro atoms. The van der Waals surface area contributed by atoms with E-state index >= 15 is 0 Å². The number of hydrogen-bond donors (Lipinski definition) is 0. The highest BCUT2D eigenvalue weighted by Gasteiger charge is 2.37. The van der Waals surface area contributed by atoms with Crippen molar-refractivity contribution in [3.05, 3.63) is 173 Å². The molecule has 0 N–H and O–H groups in total. The normalized spacial score (nSPS) is 14.9. The highest BCUT2D eigenvalue weighted by molar-refractivity contribution is 7.89. The number of carbonyl (C=O) groups excluding carboxylic acids is 2. The Bertz CT molecular complexity index is 2810. The molecule has 0 saturated carbocycles. The largest absolute Gasteiger partial charge is 0.495 e. The lowest BCUT2D eigenvalue weighted by atomic mass is 10.0. The van der Waals surface area contributed by atoms with Crippen molar-refractivity contribution in [3.63, 3.8) is 0 Å². The highest BCUT2D eigenvalue weighted by Crippen LogP contribution is 2.32. The molecule has 2 aliphatic heterocycles. The van der Waals surface area contributed by atoms with E-state index in [9.17, 15) is 26.4 Å². The van der Waals surface area contributed by atoms with Gasteiger partial charge in [0.05, 0.1) is 21.9 Å². The quantitative estimate of drug-likeness (QED) is 0.117. The summed E-state index contributed by atoms with van der Waals surface area (Å²) in [5, 5.41) is 0.239. The smallest absolute Gasteiger partial charge is 0.259 e. The van der Waals surface area contributed by atoms with Crippen molar-refractivity contribution in [2.45, 2.75) is 81.7 Å². The molecule has 2 aliphatic rings. The van der Waals surface area contributed by atoms with Gasteiger partial charge in [-0.3, -0.25) is 19.4 Å². The Labute approximate surface area is 406 Å². The summed E-state index contributed by atoms with van der Waals surface area (Å²) >= 11 is 6.15. The van der Waals surface area contributed by atoms with Crippen LogP contribution in [0, 0.1) is 6.92 Å². The fraction of sp³-hybridized carbons (Fsp3) is 0.308. The number of methoxy groups -OCH3 is 1. The number of carbonyl (C=O) groups is 2. The van der Waals surface area contributed by atoms with Gasteiger partial charge in [-0.1, -0.05) is 93.0 Å². The average molecular weight is 980 g/mol. The van der Waals surface area contributed by atoms with Crippen molar-refractivity contribution in [1.29, 1.82) is 0 Å². The SMILES string of the molecule is CC.CCc1ccc(S(=O)(=O)N2CCC(N(C(=O)c3ccccc3)c3ccccn3)CC2)cc1.COc1ccc(S(=O)(=O)N2CCC(N(C(=O)c3ccccc3)c3cccc(C)n3)CC2)cc1Cl. The third kappa shape index (κ3) is 12.2. The van der Waals surface area contributed by atoms with Crippen molar-refractivity contribution in [3.8, 4) is 5.75 Å². The highest BCUT2D eigenvalue weighted by atomic mass is 35.5. The fourth-order valence-corrected chi connectivity index (χ4v) is 11.5. The first-order chi connectivity index (χ1) is 32.8. The Morgan fingerprint density at radius 3 is 1.56 bits per heavy atom. The van der Waals surface area contributed by atoms with Crippen LogP contribution in [0.4, 0.5) is 11.6 Å². The van der Waals surface area contributed by atoms with Gasteiger partial charge in [0.2, 0.25) is 20.0 Å². The monoisotopic (exact) mass is 978 g/mol. The minimum absolute atomic E-state index is 0.120. The second-order valence-corrected chi connectivity index (χ2v) is 20.3. The Balaban J connectivity index is 0.000000216. The Morgan fingerprint density at radius 1 is 0.632 bits per heavy atom. The predicted molar refractivity (Wildman–Crippen MR) is 268 cm³/mol. The van der Waals surface area contributed by atoms with Crippen molar-refractivity contribution >= 4 is 55.1 Å². The Kier molecular flexibility index (Phi) is 18.0. The van der Waals surface area contributed by atoms with Gasteiger partial charge in [-0.2, -0.15) is 8.61 Å². The first-order valence-electron chi connectivity index (χ1n) is 22.9. The van der Waals surface area contributed by atoms with Gasteiger partial charge >= 0.3 is 0 Å². The Hall–Kier alpha value is -5.97. The van der Waals surface area contributed by atoms with E-state index in [-0.39, 0.29) is 46.9 Å². The van der Waals surface area contributed by atoms with Gasteiger partial charge in [0, 0.05) is 61.3 Å². The zero-order valence-electron chi connectivity index (χ0n) is 39.1. The first-order valence-corrected chi connectivity index (χ1v) is 26.1. The molecule has 2 saturated heterocycles. The van der Waals surface area contributed by atoms with Gasteiger partial charge in [-0.25, -0.2) is 26.8 Å². The molecule has 6 aromatic rings. The van der Waals surface area contributed by atoms with Gasteiger partial charge in [-0.05, 0) is 123 Å². The number of pyridine rings is 2. The molecule has 16 heteroatoms. The minimum Gasteiger partial charge on any atom is -0.495 e. The van der Waals surface area contributed by atoms with E-state index in [0.29, 0.717) is 72.2 Å². The van der Waals surface area contributed by atoms with Crippen LogP contribution in [0.5, 0.6) is 5.75 Å². The number of piperidine rings is 2.